The minimum Gasteiger partial charge on any atom is -0.390 e. The lowest BCUT2D eigenvalue weighted by molar-refractivity contribution is -0.0447. The van der Waals surface area contributed by atoms with E-state index in [-0.39, 0.29) is 39.4 Å². The van der Waals surface area contributed by atoms with Gasteiger partial charge in [0.2, 0.25) is 0 Å². The van der Waals surface area contributed by atoms with Crippen LogP contribution in [0.15, 0.2) is 53.8 Å². The Morgan fingerprint density at radius 2 is 1.89 bits per heavy atom. The number of halogens is 2. The molecule has 4 aromatic rings. The lowest BCUT2D eigenvalue weighted by atomic mass is 9.82. The Kier molecular flexibility index (Phi) is 6.54. The van der Waals surface area contributed by atoms with Gasteiger partial charge >= 0.3 is 0 Å². The minimum atomic E-state index is -4.02. The fourth-order valence-corrected chi connectivity index (χ4v) is 6.11. The molecular formula is C25H24ClFN4O4S. The van der Waals surface area contributed by atoms with Gasteiger partial charge in [-0.1, -0.05) is 35.7 Å². The zero-order valence-corrected chi connectivity index (χ0v) is 20.9. The normalized spacial score (nSPS) is 20.6. The number of aliphatic hydroxyl groups excluding tert-OH is 2. The van der Waals surface area contributed by atoms with Crippen LogP contribution in [0.1, 0.15) is 30.5 Å². The van der Waals surface area contributed by atoms with Crippen LogP contribution < -0.4 is 0 Å². The van der Waals surface area contributed by atoms with Crippen LogP contribution in [0.4, 0.5) is 4.39 Å². The second-order valence-corrected chi connectivity index (χ2v) is 11.4. The van der Waals surface area contributed by atoms with Gasteiger partial charge in [0.05, 0.1) is 34.0 Å². The number of pyridine rings is 1. The Morgan fingerprint density at radius 3 is 2.64 bits per heavy atom. The van der Waals surface area contributed by atoms with Gasteiger partial charge in [0.25, 0.3) is 10.0 Å². The van der Waals surface area contributed by atoms with Crippen LogP contribution in [0.25, 0.3) is 22.4 Å². The number of aryl methyl sites for hydroxylation is 1. The van der Waals surface area contributed by atoms with Crippen molar-refractivity contribution >= 4 is 32.7 Å². The largest absolute Gasteiger partial charge is 0.390 e. The first-order valence-electron chi connectivity index (χ1n) is 11.5. The number of fused-ring (bicyclic) bond motifs is 1. The fraction of sp³-hybridized carbons (Fsp3) is 0.320. The number of rotatable bonds is 5. The van der Waals surface area contributed by atoms with Crippen molar-refractivity contribution in [2.45, 2.75) is 49.7 Å². The van der Waals surface area contributed by atoms with Gasteiger partial charge in [-0.05, 0) is 50.3 Å². The zero-order chi connectivity index (χ0) is 25.6. The predicted molar refractivity (Wildman–Crippen MR) is 133 cm³/mol. The van der Waals surface area contributed by atoms with Gasteiger partial charge in [0.1, 0.15) is 0 Å². The fourth-order valence-electron chi connectivity index (χ4n) is 4.63. The molecule has 0 radical (unpaired) electrons. The minimum absolute atomic E-state index is 0.0791. The molecule has 1 aliphatic carbocycles. The Balaban J connectivity index is 1.61. The van der Waals surface area contributed by atoms with E-state index >= 15 is 0 Å². The van der Waals surface area contributed by atoms with Gasteiger partial charge in [-0.25, -0.2) is 31.7 Å². The Morgan fingerprint density at radius 1 is 1.14 bits per heavy atom. The number of benzene rings is 1. The molecule has 0 spiro atoms. The van der Waals surface area contributed by atoms with Crippen molar-refractivity contribution in [2.75, 3.05) is 0 Å². The van der Waals surface area contributed by atoms with Crippen molar-refractivity contribution in [1.82, 2.24) is 18.9 Å². The maximum absolute atomic E-state index is 14.7. The molecule has 36 heavy (non-hydrogen) atoms. The molecule has 3 atom stereocenters. The van der Waals surface area contributed by atoms with Crippen LogP contribution in [0.2, 0.25) is 5.02 Å². The molecule has 0 unspecified atom stereocenters. The number of aromatic nitrogens is 4. The highest BCUT2D eigenvalue weighted by Gasteiger charge is 2.32. The van der Waals surface area contributed by atoms with E-state index in [4.69, 9.17) is 11.6 Å². The predicted octanol–water partition coefficient (Wildman–Crippen LogP) is 3.90. The van der Waals surface area contributed by atoms with Crippen LogP contribution in [0, 0.1) is 18.7 Å². The summed E-state index contributed by atoms with van der Waals surface area (Å²) in [6, 6.07) is 8.00. The molecule has 0 aliphatic heterocycles. The van der Waals surface area contributed by atoms with Crippen LogP contribution in [0.5, 0.6) is 0 Å². The van der Waals surface area contributed by atoms with E-state index in [0.29, 0.717) is 23.8 Å². The van der Waals surface area contributed by atoms with Crippen LogP contribution in [0.3, 0.4) is 0 Å². The average Bonchev–Trinajstić information content (AvgIpc) is 3.23. The summed E-state index contributed by atoms with van der Waals surface area (Å²) in [6.45, 7) is 1.86. The number of nitrogens with zero attached hydrogens (tertiary/aromatic N) is 4. The lowest BCUT2D eigenvalue weighted by Crippen LogP contribution is -2.38. The SMILES string of the molecule is Cc1ccc(S(=O)(=O)n2cc(-c3ncc(F)c(C[C@H]4CCC[C@@H](O)[C@H]4O)n3)c3cc(Cl)cnc32)cc1. The Labute approximate surface area is 212 Å². The highest BCUT2D eigenvalue weighted by molar-refractivity contribution is 7.90. The van der Waals surface area contributed by atoms with Crippen molar-refractivity contribution in [3.8, 4) is 11.4 Å². The second kappa shape index (κ2) is 9.51. The molecule has 1 aromatic carbocycles. The summed E-state index contributed by atoms with van der Waals surface area (Å²) in [5.41, 5.74) is 1.45. The maximum atomic E-state index is 14.7. The molecule has 8 nitrogen and oxygen atoms in total. The highest BCUT2D eigenvalue weighted by atomic mass is 35.5. The molecular weight excluding hydrogens is 507 g/mol. The highest BCUT2D eigenvalue weighted by Crippen LogP contribution is 2.33. The smallest absolute Gasteiger partial charge is 0.269 e. The quantitative estimate of drug-likeness (QED) is 0.402. The van der Waals surface area contributed by atoms with E-state index in [1.165, 1.54) is 24.5 Å². The second-order valence-electron chi connectivity index (χ2n) is 9.12. The van der Waals surface area contributed by atoms with Gasteiger partial charge in [0.15, 0.2) is 17.3 Å². The molecule has 0 amide bonds. The van der Waals surface area contributed by atoms with Gasteiger partial charge in [-0.2, -0.15) is 0 Å². The molecule has 188 valence electrons. The first-order valence-corrected chi connectivity index (χ1v) is 13.3. The molecule has 0 saturated heterocycles. The Hall–Kier alpha value is -2.92. The first kappa shape index (κ1) is 24.8. The average molecular weight is 531 g/mol. The third kappa shape index (κ3) is 4.50. The van der Waals surface area contributed by atoms with Crippen molar-refractivity contribution in [3.05, 3.63) is 71.0 Å². The van der Waals surface area contributed by atoms with E-state index in [2.05, 4.69) is 15.0 Å². The van der Waals surface area contributed by atoms with Crippen molar-refractivity contribution < 1.29 is 23.0 Å². The summed E-state index contributed by atoms with van der Waals surface area (Å²) >= 11 is 6.18. The summed E-state index contributed by atoms with van der Waals surface area (Å²) in [5.74, 6) is -0.896. The zero-order valence-electron chi connectivity index (χ0n) is 19.3. The monoisotopic (exact) mass is 530 g/mol. The summed E-state index contributed by atoms with van der Waals surface area (Å²) in [4.78, 5) is 12.8. The van der Waals surface area contributed by atoms with E-state index in [1.54, 1.807) is 18.2 Å². The van der Waals surface area contributed by atoms with Crippen molar-refractivity contribution in [1.29, 1.82) is 0 Å². The molecule has 3 aromatic heterocycles. The molecule has 1 aliphatic rings. The third-order valence-corrected chi connectivity index (χ3v) is 8.49. The van der Waals surface area contributed by atoms with Crippen molar-refractivity contribution in [3.63, 3.8) is 0 Å². The molecule has 5 rings (SSSR count). The number of hydrogen-bond acceptors (Lipinski definition) is 7. The van der Waals surface area contributed by atoms with E-state index < -0.39 is 28.0 Å². The van der Waals surface area contributed by atoms with Crippen LogP contribution >= 0.6 is 11.6 Å². The summed E-state index contributed by atoms with van der Waals surface area (Å²) in [6.07, 6.45) is 3.87. The van der Waals surface area contributed by atoms with Gasteiger partial charge in [-0.3, -0.25) is 0 Å². The van der Waals surface area contributed by atoms with E-state index in [1.807, 2.05) is 6.92 Å². The Bertz CT molecular complexity index is 1540. The topological polar surface area (TPSA) is 118 Å². The van der Waals surface area contributed by atoms with E-state index in [0.717, 1.165) is 22.2 Å². The molecule has 3 heterocycles. The van der Waals surface area contributed by atoms with Crippen molar-refractivity contribution in [2.24, 2.45) is 5.92 Å². The molecule has 1 saturated carbocycles. The molecule has 1 fully saturated rings. The lowest BCUT2D eigenvalue weighted by Gasteiger charge is -2.31. The van der Waals surface area contributed by atoms with Gasteiger partial charge < -0.3 is 10.2 Å². The summed E-state index contributed by atoms with van der Waals surface area (Å²) in [7, 11) is -4.02. The number of hydrogen-bond donors (Lipinski definition) is 2. The van der Waals surface area contributed by atoms with Gasteiger partial charge in [-0.15, -0.1) is 0 Å². The molecule has 0 bridgehead atoms. The van der Waals surface area contributed by atoms with E-state index in [9.17, 15) is 23.0 Å². The first-order chi connectivity index (χ1) is 17.1. The third-order valence-electron chi connectivity index (χ3n) is 6.62. The number of aliphatic hydroxyl groups is 2. The summed E-state index contributed by atoms with van der Waals surface area (Å²) < 4.78 is 42.7. The standard InChI is InChI=1S/C25H24ClFN4O4S/c1-14-5-7-17(8-6-14)36(34,35)31-13-19(18-10-16(26)11-29-25(18)31)24-28-12-20(27)21(30-24)9-15-3-2-4-22(32)23(15)33/h5-8,10-13,15,22-23,32-33H,2-4,9H2,1H3/t15-,22-,23+/m1/s1. The maximum Gasteiger partial charge on any atom is 0.269 e. The molecule has 2 N–H and O–H groups in total. The van der Waals surface area contributed by atoms with Crippen LogP contribution in [-0.2, 0) is 16.4 Å². The van der Waals surface area contributed by atoms with Crippen LogP contribution in [-0.4, -0.2) is 49.8 Å². The summed E-state index contributed by atoms with van der Waals surface area (Å²) in [5, 5.41) is 21.0. The molecule has 11 heteroatoms. The van der Waals surface area contributed by atoms with Gasteiger partial charge in [0, 0.05) is 23.3 Å².